The van der Waals surface area contributed by atoms with Gasteiger partial charge in [0.2, 0.25) is 0 Å². The highest BCUT2D eigenvalue weighted by atomic mass is 15.2. The molecule has 4 nitrogen and oxygen atoms in total. The lowest BCUT2D eigenvalue weighted by Crippen LogP contribution is -2.37. The standard InChI is InChI=1S/C19H32N4/c1-3-23(4-2)19(20)21-15-17-10-9-11-18(14-17)16-22-12-7-5-6-8-13-22/h9-11,14H,3-8,12-13,15-16H2,1-2H3,(H2,20,21). The Kier molecular flexibility index (Phi) is 7.40. The van der Waals surface area contributed by atoms with Crippen molar-refractivity contribution in [2.45, 2.75) is 52.6 Å². The van der Waals surface area contributed by atoms with Crippen molar-refractivity contribution in [1.82, 2.24) is 9.80 Å². The van der Waals surface area contributed by atoms with Crippen LogP contribution < -0.4 is 5.73 Å². The number of guanidine groups is 1. The van der Waals surface area contributed by atoms with Gasteiger partial charge in [0.25, 0.3) is 0 Å². The van der Waals surface area contributed by atoms with E-state index < -0.39 is 0 Å². The number of nitrogens with zero attached hydrogens (tertiary/aromatic N) is 3. The molecular weight excluding hydrogens is 284 g/mol. The fraction of sp³-hybridized carbons (Fsp3) is 0.632. The Labute approximate surface area is 141 Å². The van der Waals surface area contributed by atoms with Gasteiger partial charge in [0.05, 0.1) is 6.54 Å². The smallest absolute Gasteiger partial charge is 0.191 e. The summed E-state index contributed by atoms with van der Waals surface area (Å²) in [5, 5.41) is 0. The average Bonchev–Trinajstić information content (AvgIpc) is 2.83. The molecule has 1 aliphatic heterocycles. The van der Waals surface area contributed by atoms with Crippen molar-refractivity contribution in [3.8, 4) is 0 Å². The predicted molar refractivity (Wildman–Crippen MR) is 98.4 cm³/mol. The Morgan fingerprint density at radius 1 is 1.09 bits per heavy atom. The first-order chi connectivity index (χ1) is 11.2. The minimum absolute atomic E-state index is 0.646. The second kappa shape index (κ2) is 9.56. The van der Waals surface area contributed by atoms with E-state index in [2.05, 4.69) is 52.9 Å². The summed E-state index contributed by atoms with van der Waals surface area (Å²) in [5.41, 5.74) is 8.69. The lowest BCUT2D eigenvalue weighted by atomic mass is 10.1. The van der Waals surface area contributed by atoms with E-state index in [4.69, 9.17) is 5.73 Å². The molecule has 0 atom stereocenters. The van der Waals surface area contributed by atoms with Crippen molar-refractivity contribution in [2.75, 3.05) is 26.2 Å². The van der Waals surface area contributed by atoms with Crippen molar-refractivity contribution < 1.29 is 0 Å². The third kappa shape index (κ3) is 5.87. The van der Waals surface area contributed by atoms with Crippen LogP contribution >= 0.6 is 0 Å². The van der Waals surface area contributed by atoms with E-state index in [-0.39, 0.29) is 0 Å². The van der Waals surface area contributed by atoms with Crippen LogP contribution in [-0.4, -0.2) is 41.9 Å². The minimum atomic E-state index is 0.646. The van der Waals surface area contributed by atoms with Crippen LogP contribution in [0.5, 0.6) is 0 Å². The fourth-order valence-electron chi connectivity index (χ4n) is 3.20. The molecule has 1 fully saturated rings. The van der Waals surface area contributed by atoms with Gasteiger partial charge >= 0.3 is 0 Å². The third-order valence-corrected chi connectivity index (χ3v) is 4.61. The molecule has 1 aromatic rings. The van der Waals surface area contributed by atoms with Crippen LogP contribution in [0, 0.1) is 0 Å². The number of likely N-dealkylation sites (tertiary alicyclic amines) is 1. The Morgan fingerprint density at radius 2 is 1.74 bits per heavy atom. The molecule has 0 amide bonds. The van der Waals surface area contributed by atoms with E-state index in [9.17, 15) is 0 Å². The Bertz CT molecular complexity index is 486. The Balaban J connectivity index is 1.95. The third-order valence-electron chi connectivity index (χ3n) is 4.61. The molecule has 1 saturated heterocycles. The molecule has 0 radical (unpaired) electrons. The maximum absolute atomic E-state index is 6.06. The van der Waals surface area contributed by atoms with Crippen LogP contribution in [0.3, 0.4) is 0 Å². The zero-order valence-electron chi connectivity index (χ0n) is 14.8. The molecule has 23 heavy (non-hydrogen) atoms. The van der Waals surface area contributed by atoms with Crippen molar-refractivity contribution in [3.05, 3.63) is 35.4 Å². The van der Waals surface area contributed by atoms with Gasteiger partial charge in [-0.1, -0.05) is 37.1 Å². The number of benzene rings is 1. The largest absolute Gasteiger partial charge is 0.370 e. The van der Waals surface area contributed by atoms with Gasteiger partial charge in [-0.2, -0.15) is 0 Å². The number of rotatable bonds is 6. The van der Waals surface area contributed by atoms with Crippen molar-refractivity contribution >= 4 is 5.96 Å². The molecule has 128 valence electrons. The van der Waals surface area contributed by atoms with Crippen LogP contribution in [0.2, 0.25) is 0 Å². The quantitative estimate of drug-likeness (QED) is 0.647. The van der Waals surface area contributed by atoms with Crippen LogP contribution in [0.1, 0.15) is 50.7 Å². The number of hydrogen-bond acceptors (Lipinski definition) is 2. The first-order valence-corrected chi connectivity index (χ1v) is 9.08. The van der Waals surface area contributed by atoms with Gasteiger partial charge in [-0.15, -0.1) is 0 Å². The molecule has 0 unspecified atom stereocenters. The Hall–Kier alpha value is -1.55. The van der Waals surface area contributed by atoms with Gasteiger partial charge in [-0.25, -0.2) is 4.99 Å². The zero-order chi connectivity index (χ0) is 16.5. The first kappa shape index (κ1) is 17.8. The lowest BCUT2D eigenvalue weighted by molar-refractivity contribution is 0.277. The van der Waals surface area contributed by atoms with Crippen LogP contribution in [0.15, 0.2) is 29.3 Å². The summed E-state index contributed by atoms with van der Waals surface area (Å²) in [5.74, 6) is 0.646. The van der Waals surface area contributed by atoms with Crippen molar-refractivity contribution in [2.24, 2.45) is 10.7 Å². The second-order valence-electron chi connectivity index (χ2n) is 6.36. The topological polar surface area (TPSA) is 44.9 Å². The molecular formula is C19H32N4. The van der Waals surface area contributed by atoms with E-state index in [1.165, 1.54) is 49.9 Å². The van der Waals surface area contributed by atoms with E-state index in [1.807, 2.05) is 0 Å². The van der Waals surface area contributed by atoms with Crippen molar-refractivity contribution in [3.63, 3.8) is 0 Å². The summed E-state index contributed by atoms with van der Waals surface area (Å²) in [4.78, 5) is 9.21. The van der Waals surface area contributed by atoms with Gasteiger partial charge in [0.1, 0.15) is 0 Å². The molecule has 0 aliphatic carbocycles. The molecule has 0 spiro atoms. The summed E-state index contributed by atoms with van der Waals surface area (Å²) in [6, 6.07) is 8.80. The molecule has 1 aliphatic rings. The summed E-state index contributed by atoms with van der Waals surface area (Å²) in [6.07, 6.45) is 5.44. The van der Waals surface area contributed by atoms with Gasteiger partial charge < -0.3 is 10.6 Å². The molecule has 0 aromatic heterocycles. The predicted octanol–water partition coefficient (Wildman–Crippen LogP) is 3.22. The van der Waals surface area contributed by atoms with Crippen LogP contribution in [0.4, 0.5) is 0 Å². The van der Waals surface area contributed by atoms with Crippen molar-refractivity contribution in [1.29, 1.82) is 0 Å². The van der Waals surface area contributed by atoms with E-state index in [0.717, 1.165) is 19.6 Å². The molecule has 0 bridgehead atoms. The minimum Gasteiger partial charge on any atom is -0.370 e. The Morgan fingerprint density at radius 3 is 2.39 bits per heavy atom. The maximum Gasteiger partial charge on any atom is 0.191 e. The van der Waals surface area contributed by atoms with Gasteiger partial charge in [0, 0.05) is 19.6 Å². The molecule has 1 heterocycles. The van der Waals surface area contributed by atoms with E-state index in [1.54, 1.807) is 0 Å². The summed E-state index contributed by atoms with van der Waals surface area (Å²) >= 11 is 0. The van der Waals surface area contributed by atoms with E-state index in [0.29, 0.717) is 12.5 Å². The molecule has 2 N–H and O–H groups in total. The summed E-state index contributed by atoms with van der Waals surface area (Å²) < 4.78 is 0. The molecule has 2 rings (SSSR count). The normalized spacial score (nSPS) is 17.0. The number of aliphatic imine (C=N–C) groups is 1. The second-order valence-corrected chi connectivity index (χ2v) is 6.36. The fourth-order valence-corrected chi connectivity index (χ4v) is 3.20. The van der Waals surface area contributed by atoms with Crippen LogP contribution in [0.25, 0.3) is 0 Å². The summed E-state index contributed by atoms with van der Waals surface area (Å²) in [7, 11) is 0. The first-order valence-electron chi connectivity index (χ1n) is 9.08. The molecule has 4 heteroatoms. The molecule has 0 saturated carbocycles. The highest BCUT2D eigenvalue weighted by Gasteiger charge is 2.09. The van der Waals surface area contributed by atoms with Crippen LogP contribution in [-0.2, 0) is 13.1 Å². The van der Waals surface area contributed by atoms with Gasteiger partial charge in [-0.3, -0.25) is 4.90 Å². The SMILES string of the molecule is CCN(CC)C(N)=NCc1cccc(CN2CCCCCC2)c1. The number of hydrogen-bond donors (Lipinski definition) is 1. The molecule has 1 aromatic carbocycles. The zero-order valence-corrected chi connectivity index (χ0v) is 14.8. The van der Waals surface area contributed by atoms with E-state index >= 15 is 0 Å². The highest BCUT2D eigenvalue weighted by molar-refractivity contribution is 5.77. The van der Waals surface area contributed by atoms with Gasteiger partial charge in [-0.05, 0) is 50.9 Å². The monoisotopic (exact) mass is 316 g/mol. The number of nitrogens with two attached hydrogens (primary N) is 1. The highest BCUT2D eigenvalue weighted by Crippen LogP contribution is 2.14. The maximum atomic E-state index is 6.06. The average molecular weight is 316 g/mol. The van der Waals surface area contributed by atoms with Gasteiger partial charge in [0.15, 0.2) is 5.96 Å². The summed E-state index contributed by atoms with van der Waals surface area (Å²) in [6.45, 7) is 10.2. The lowest BCUT2D eigenvalue weighted by Gasteiger charge is -2.20.